The van der Waals surface area contributed by atoms with Gasteiger partial charge in [0.15, 0.2) is 0 Å². The Morgan fingerprint density at radius 1 is 1.12 bits per heavy atom. The highest BCUT2D eigenvalue weighted by Crippen LogP contribution is 2.32. The molecular formula is C18H23N3O3S2. The van der Waals surface area contributed by atoms with E-state index in [1.807, 2.05) is 16.3 Å². The van der Waals surface area contributed by atoms with E-state index < -0.39 is 10.0 Å². The normalized spacial score (nSPS) is 22.5. The third-order valence-corrected chi connectivity index (χ3v) is 7.79. The van der Waals surface area contributed by atoms with Gasteiger partial charge in [-0.25, -0.2) is 13.4 Å². The van der Waals surface area contributed by atoms with Crippen molar-refractivity contribution in [3.05, 3.63) is 40.7 Å². The molecule has 0 saturated carbocycles. The second-order valence-corrected chi connectivity index (χ2v) is 9.50. The molecule has 2 aliphatic heterocycles. The highest BCUT2D eigenvalue weighted by molar-refractivity contribution is 7.89. The van der Waals surface area contributed by atoms with Crippen molar-refractivity contribution in [2.45, 2.75) is 30.3 Å². The number of piperidine rings is 1. The van der Waals surface area contributed by atoms with Gasteiger partial charge in [-0.3, -0.25) is 0 Å². The molecule has 4 rings (SSSR count). The Morgan fingerprint density at radius 2 is 1.96 bits per heavy atom. The lowest BCUT2D eigenvalue weighted by Crippen LogP contribution is -2.41. The van der Waals surface area contributed by atoms with Gasteiger partial charge in [0.25, 0.3) is 0 Å². The fraction of sp³-hybridized carbons (Fsp3) is 0.500. The highest BCUT2D eigenvalue weighted by atomic mass is 32.2. The van der Waals surface area contributed by atoms with Gasteiger partial charge >= 0.3 is 0 Å². The zero-order valence-electron chi connectivity index (χ0n) is 14.6. The molecule has 2 saturated heterocycles. The Kier molecular flexibility index (Phi) is 5.26. The summed E-state index contributed by atoms with van der Waals surface area (Å²) in [5.74, 6) is 0.544. The molecule has 8 heteroatoms. The molecule has 2 fully saturated rings. The molecule has 0 aromatic carbocycles. The molecule has 6 nitrogen and oxygen atoms in total. The average molecular weight is 394 g/mol. The van der Waals surface area contributed by atoms with Crippen LogP contribution in [0.25, 0.3) is 0 Å². The van der Waals surface area contributed by atoms with E-state index in [0.29, 0.717) is 43.5 Å². The van der Waals surface area contributed by atoms with E-state index in [1.54, 1.807) is 34.0 Å². The van der Waals surface area contributed by atoms with Gasteiger partial charge in [0.05, 0.1) is 13.2 Å². The first kappa shape index (κ1) is 17.9. The zero-order valence-corrected chi connectivity index (χ0v) is 16.2. The van der Waals surface area contributed by atoms with Crippen LogP contribution in [0.4, 0.5) is 5.82 Å². The van der Waals surface area contributed by atoms with E-state index in [9.17, 15) is 8.42 Å². The van der Waals surface area contributed by atoms with E-state index in [0.717, 1.165) is 24.1 Å². The fourth-order valence-electron chi connectivity index (χ4n) is 3.55. The first-order chi connectivity index (χ1) is 12.7. The molecular weight excluding hydrogens is 370 g/mol. The Labute approximate surface area is 158 Å². The molecule has 140 valence electrons. The molecule has 0 amide bonds. The van der Waals surface area contributed by atoms with Crippen molar-refractivity contribution in [2.24, 2.45) is 0 Å². The van der Waals surface area contributed by atoms with Gasteiger partial charge < -0.3 is 9.64 Å². The van der Waals surface area contributed by atoms with Crippen molar-refractivity contribution >= 4 is 27.2 Å². The third-order valence-electron chi connectivity index (χ3n) is 4.91. The molecule has 2 aliphatic rings. The van der Waals surface area contributed by atoms with Crippen molar-refractivity contribution in [3.8, 4) is 0 Å². The quantitative estimate of drug-likeness (QED) is 0.799. The van der Waals surface area contributed by atoms with E-state index in [-0.39, 0.29) is 6.10 Å². The number of hydrogen-bond donors (Lipinski definition) is 0. The first-order valence-electron chi connectivity index (χ1n) is 9.01. The topological polar surface area (TPSA) is 62.7 Å². The summed E-state index contributed by atoms with van der Waals surface area (Å²) in [7, 11) is -3.52. The summed E-state index contributed by atoms with van der Waals surface area (Å²) in [6, 6.07) is 7.46. The number of sulfonamides is 1. The average Bonchev–Trinajstić information content (AvgIpc) is 3.24. The maximum absolute atomic E-state index is 13.2. The fourth-order valence-corrected chi connectivity index (χ4v) is 6.00. The molecule has 0 N–H and O–H groups in total. The SMILES string of the molecule is O=S(=O)(c1cccnc1N1CCOC(c2cccs2)C1)N1CCCCC1. The van der Waals surface area contributed by atoms with Gasteiger partial charge in [-0.05, 0) is 36.4 Å². The number of thiophene rings is 1. The maximum atomic E-state index is 13.2. The number of pyridine rings is 1. The summed E-state index contributed by atoms with van der Waals surface area (Å²) >= 11 is 1.66. The Hall–Kier alpha value is -1.48. The van der Waals surface area contributed by atoms with Gasteiger partial charge in [0.2, 0.25) is 10.0 Å². The molecule has 0 radical (unpaired) electrons. The van der Waals surface area contributed by atoms with Crippen LogP contribution in [0.2, 0.25) is 0 Å². The van der Waals surface area contributed by atoms with Crippen molar-refractivity contribution in [1.29, 1.82) is 0 Å². The Bertz CT molecular complexity index is 833. The van der Waals surface area contributed by atoms with Gasteiger partial charge in [-0.2, -0.15) is 4.31 Å². The lowest BCUT2D eigenvalue weighted by atomic mass is 10.2. The minimum absolute atomic E-state index is 0.0451. The number of rotatable bonds is 4. The molecule has 0 spiro atoms. The predicted octanol–water partition coefficient (Wildman–Crippen LogP) is 2.90. The molecule has 0 bridgehead atoms. The number of morpholine rings is 1. The minimum Gasteiger partial charge on any atom is -0.369 e. The van der Waals surface area contributed by atoms with Crippen molar-refractivity contribution in [1.82, 2.24) is 9.29 Å². The van der Waals surface area contributed by atoms with Gasteiger partial charge in [-0.15, -0.1) is 11.3 Å². The number of anilines is 1. The van der Waals surface area contributed by atoms with Crippen LogP contribution in [0.15, 0.2) is 40.7 Å². The van der Waals surface area contributed by atoms with E-state index in [1.165, 1.54) is 0 Å². The van der Waals surface area contributed by atoms with Crippen LogP contribution in [0, 0.1) is 0 Å². The Morgan fingerprint density at radius 3 is 2.73 bits per heavy atom. The maximum Gasteiger partial charge on any atom is 0.246 e. The molecule has 4 heterocycles. The summed E-state index contributed by atoms with van der Waals surface area (Å²) in [6.07, 6.45) is 4.56. The summed E-state index contributed by atoms with van der Waals surface area (Å²) in [6.45, 7) is 3.00. The number of nitrogens with zero attached hydrogens (tertiary/aromatic N) is 3. The molecule has 26 heavy (non-hydrogen) atoms. The predicted molar refractivity (Wildman–Crippen MR) is 102 cm³/mol. The number of ether oxygens (including phenoxy) is 1. The smallest absolute Gasteiger partial charge is 0.246 e. The monoisotopic (exact) mass is 393 g/mol. The van der Waals surface area contributed by atoms with Crippen LogP contribution in [-0.4, -0.2) is 50.5 Å². The van der Waals surface area contributed by atoms with Crippen LogP contribution < -0.4 is 4.90 Å². The Balaban J connectivity index is 1.63. The van der Waals surface area contributed by atoms with Crippen LogP contribution in [0.5, 0.6) is 0 Å². The lowest BCUT2D eigenvalue weighted by molar-refractivity contribution is 0.0416. The van der Waals surface area contributed by atoms with E-state index in [2.05, 4.69) is 11.1 Å². The third kappa shape index (κ3) is 3.51. The van der Waals surface area contributed by atoms with Crippen molar-refractivity contribution in [2.75, 3.05) is 37.7 Å². The molecule has 2 aromatic heterocycles. The summed E-state index contributed by atoms with van der Waals surface area (Å²) in [4.78, 5) is 7.97. The van der Waals surface area contributed by atoms with E-state index >= 15 is 0 Å². The first-order valence-corrected chi connectivity index (χ1v) is 11.3. The zero-order chi connectivity index (χ0) is 18.0. The van der Waals surface area contributed by atoms with Crippen molar-refractivity contribution < 1.29 is 13.2 Å². The highest BCUT2D eigenvalue weighted by Gasteiger charge is 2.32. The largest absolute Gasteiger partial charge is 0.369 e. The summed E-state index contributed by atoms with van der Waals surface area (Å²) in [5.41, 5.74) is 0. The van der Waals surface area contributed by atoms with Crippen LogP contribution in [0.1, 0.15) is 30.2 Å². The number of aromatic nitrogens is 1. The summed E-state index contributed by atoms with van der Waals surface area (Å²) in [5, 5.41) is 2.03. The molecule has 1 atom stereocenters. The van der Waals surface area contributed by atoms with Crippen LogP contribution in [0.3, 0.4) is 0 Å². The molecule has 1 unspecified atom stereocenters. The second-order valence-electron chi connectivity index (χ2n) is 6.61. The van der Waals surface area contributed by atoms with Crippen LogP contribution in [-0.2, 0) is 14.8 Å². The molecule has 2 aromatic rings. The number of hydrogen-bond acceptors (Lipinski definition) is 6. The van der Waals surface area contributed by atoms with Crippen LogP contribution >= 0.6 is 11.3 Å². The van der Waals surface area contributed by atoms with Crippen molar-refractivity contribution in [3.63, 3.8) is 0 Å². The second kappa shape index (κ2) is 7.64. The minimum atomic E-state index is -3.52. The lowest BCUT2D eigenvalue weighted by Gasteiger charge is -2.35. The standard InChI is InChI=1S/C18H23N3O3S2/c22-26(23,21-9-2-1-3-10-21)17-7-4-8-19-18(17)20-11-12-24-15(14-20)16-6-5-13-25-16/h4-8,13,15H,1-3,9-12,14H2. The van der Waals surface area contributed by atoms with Gasteiger partial charge in [0.1, 0.15) is 16.8 Å². The van der Waals surface area contributed by atoms with Gasteiger partial charge in [-0.1, -0.05) is 12.5 Å². The van der Waals surface area contributed by atoms with Gasteiger partial charge in [0, 0.05) is 30.7 Å². The molecule has 0 aliphatic carbocycles. The summed E-state index contributed by atoms with van der Waals surface area (Å²) < 4.78 is 33.9. The van der Waals surface area contributed by atoms with E-state index in [4.69, 9.17) is 4.74 Å².